The molecule has 1 fully saturated rings. The summed E-state index contributed by atoms with van der Waals surface area (Å²) in [4.78, 5) is 28.4. The Hall–Kier alpha value is -3.86. The molecule has 0 N–H and O–H groups in total. The van der Waals surface area contributed by atoms with Crippen molar-refractivity contribution >= 4 is 16.7 Å². The van der Waals surface area contributed by atoms with Crippen LogP contribution in [0.15, 0.2) is 47.4 Å². The highest BCUT2D eigenvalue weighted by atomic mass is 19.4. The summed E-state index contributed by atoms with van der Waals surface area (Å²) in [5, 5.41) is 0.190. The number of aromatic nitrogens is 4. The number of hydrogen-bond donors (Lipinski definition) is 0. The first-order valence-corrected chi connectivity index (χ1v) is 11.6. The fraction of sp³-hybridized carbons (Fsp3) is 0.308. The van der Waals surface area contributed by atoms with Crippen LogP contribution in [-0.2, 0) is 18.0 Å². The fourth-order valence-corrected chi connectivity index (χ4v) is 4.43. The quantitative estimate of drug-likeness (QED) is 0.369. The standard InChI is InChI=1S/C26H23F4N5O2/c1-14-10-16(6-7-31-14)21-13-35(8-9-37-21)22-12-19-24(32-15(2)34(3)25(19)36)23(33-22)18-5-4-17(11-20(18)27)26(28,29)30/h4-7,10-12,21H,8-9,13H2,1-3H3/t21-/m0/s1. The summed E-state index contributed by atoms with van der Waals surface area (Å²) < 4.78 is 61.9. The summed E-state index contributed by atoms with van der Waals surface area (Å²) in [7, 11) is 1.57. The van der Waals surface area contributed by atoms with Crippen molar-refractivity contribution in [3.05, 3.63) is 81.4 Å². The first-order valence-electron chi connectivity index (χ1n) is 11.6. The molecule has 0 unspecified atom stereocenters. The van der Waals surface area contributed by atoms with Gasteiger partial charge in [0.25, 0.3) is 5.56 Å². The van der Waals surface area contributed by atoms with Crippen molar-refractivity contribution < 1.29 is 22.3 Å². The smallest absolute Gasteiger partial charge is 0.370 e. The number of halogens is 4. The summed E-state index contributed by atoms with van der Waals surface area (Å²) >= 11 is 0. The van der Waals surface area contributed by atoms with Crippen LogP contribution >= 0.6 is 0 Å². The van der Waals surface area contributed by atoms with Gasteiger partial charge >= 0.3 is 6.18 Å². The molecule has 3 aromatic heterocycles. The molecule has 1 atom stereocenters. The van der Waals surface area contributed by atoms with E-state index in [1.165, 1.54) is 4.57 Å². The molecule has 0 aliphatic carbocycles. The van der Waals surface area contributed by atoms with Gasteiger partial charge in [0.05, 0.1) is 17.6 Å². The average Bonchev–Trinajstić information content (AvgIpc) is 2.86. The third-order valence-electron chi connectivity index (χ3n) is 6.51. The molecule has 1 aromatic carbocycles. The van der Waals surface area contributed by atoms with Crippen molar-refractivity contribution in [3.63, 3.8) is 0 Å². The van der Waals surface area contributed by atoms with Crippen LogP contribution in [0.4, 0.5) is 23.4 Å². The zero-order valence-electron chi connectivity index (χ0n) is 20.3. The number of anilines is 1. The molecule has 4 aromatic rings. The van der Waals surface area contributed by atoms with Crippen LogP contribution < -0.4 is 10.5 Å². The molecule has 192 valence electrons. The lowest BCUT2D eigenvalue weighted by Gasteiger charge is -2.34. The zero-order valence-corrected chi connectivity index (χ0v) is 20.3. The third-order valence-corrected chi connectivity index (χ3v) is 6.51. The van der Waals surface area contributed by atoms with E-state index in [-0.39, 0.29) is 33.8 Å². The summed E-state index contributed by atoms with van der Waals surface area (Å²) in [6.45, 7) is 4.72. The number of nitrogens with zero attached hydrogens (tertiary/aromatic N) is 5. The van der Waals surface area contributed by atoms with Gasteiger partial charge in [-0.25, -0.2) is 14.4 Å². The Kier molecular flexibility index (Phi) is 6.18. The molecule has 0 amide bonds. The third kappa shape index (κ3) is 4.66. The van der Waals surface area contributed by atoms with E-state index in [9.17, 15) is 18.0 Å². The lowest BCUT2D eigenvalue weighted by Crippen LogP contribution is -2.39. The first-order chi connectivity index (χ1) is 17.5. The monoisotopic (exact) mass is 513 g/mol. The van der Waals surface area contributed by atoms with Gasteiger partial charge in [0, 0.05) is 37.6 Å². The van der Waals surface area contributed by atoms with Crippen LogP contribution in [0.25, 0.3) is 22.2 Å². The van der Waals surface area contributed by atoms with Crippen LogP contribution in [0.2, 0.25) is 0 Å². The van der Waals surface area contributed by atoms with Gasteiger partial charge in [-0.3, -0.25) is 14.3 Å². The fourth-order valence-electron chi connectivity index (χ4n) is 4.43. The normalized spacial score (nSPS) is 16.4. The maximum Gasteiger partial charge on any atom is 0.416 e. The highest BCUT2D eigenvalue weighted by molar-refractivity contribution is 5.93. The molecular weight excluding hydrogens is 490 g/mol. The van der Waals surface area contributed by atoms with Crippen molar-refractivity contribution in [1.29, 1.82) is 0 Å². The molecule has 1 saturated heterocycles. The van der Waals surface area contributed by atoms with E-state index < -0.39 is 17.6 Å². The zero-order chi connectivity index (χ0) is 26.5. The molecule has 4 heterocycles. The number of morpholine rings is 1. The van der Waals surface area contributed by atoms with Crippen molar-refractivity contribution in [3.8, 4) is 11.3 Å². The highest BCUT2D eigenvalue weighted by Gasteiger charge is 2.32. The molecule has 1 aliphatic heterocycles. The summed E-state index contributed by atoms with van der Waals surface area (Å²) in [5.74, 6) is -0.364. The molecule has 5 rings (SSSR count). The lowest BCUT2D eigenvalue weighted by molar-refractivity contribution is -0.137. The number of rotatable bonds is 3. The minimum absolute atomic E-state index is 0.00215. The van der Waals surface area contributed by atoms with Crippen molar-refractivity contribution in [2.75, 3.05) is 24.6 Å². The van der Waals surface area contributed by atoms with Crippen LogP contribution in [0, 0.1) is 19.7 Å². The maximum absolute atomic E-state index is 15.1. The molecule has 1 aliphatic rings. The Morgan fingerprint density at radius 3 is 2.57 bits per heavy atom. The summed E-state index contributed by atoms with van der Waals surface area (Å²) in [6, 6.07) is 7.63. The molecule has 0 saturated carbocycles. The van der Waals surface area contributed by atoms with Crippen LogP contribution in [0.1, 0.15) is 28.7 Å². The Morgan fingerprint density at radius 1 is 1.08 bits per heavy atom. The van der Waals surface area contributed by atoms with Gasteiger partial charge < -0.3 is 9.64 Å². The van der Waals surface area contributed by atoms with E-state index in [1.54, 1.807) is 26.2 Å². The Bertz CT molecular complexity index is 1570. The van der Waals surface area contributed by atoms with Crippen LogP contribution in [0.5, 0.6) is 0 Å². The van der Waals surface area contributed by atoms with Crippen molar-refractivity contribution in [1.82, 2.24) is 19.5 Å². The number of hydrogen-bond acceptors (Lipinski definition) is 6. The molecular formula is C26H23F4N5O2. The first kappa shape index (κ1) is 24.8. The number of fused-ring (bicyclic) bond motifs is 1. The van der Waals surface area contributed by atoms with Crippen LogP contribution in [-0.4, -0.2) is 39.2 Å². The van der Waals surface area contributed by atoms with Crippen LogP contribution in [0.3, 0.4) is 0 Å². The second kappa shape index (κ2) is 9.22. The van der Waals surface area contributed by atoms with Gasteiger partial charge in [0.1, 0.15) is 34.8 Å². The minimum Gasteiger partial charge on any atom is -0.370 e. The van der Waals surface area contributed by atoms with Gasteiger partial charge in [-0.2, -0.15) is 13.2 Å². The van der Waals surface area contributed by atoms with Gasteiger partial charge in [-0.1, -0.05) is 0 Å². The van der Waals surface area contributed by atoms with Crippen molar-refractivity contribution in [2.45, 2.75) is 26.1 Å². The predicted octanol–water partition coefficient (Wildman–Crippen LogP) is 4.74. The van der Waals surface area contributed by atoms with E-state index >= 15 is 4.39 Å². The average molecular weight is 513 g/mol. The Labute approximate surface area is 209 Å². The van der Waals surface area contributed by atoms with Gasteiger partial charge in [0.2, 0.25) is 0 Å². The van der Waals surface area contributed by atoms with Crippen molar-refractivity contribution in [2.24, 2.45) is 7.05 Å². The number of aryl methyl sites for hydroxylation is 2. The topological polar surface area (TPSA) is 73.1 Å². The lowest BCUT2D eigenvalue weighted by atomic mass is 10.0. The van der Waals surface area contributed by atoms with E-state index in [1.807, 2.05) is 24.0 Å². The number of benzene rings is 1. The number of ether oxygens (including phenoxy) is 1. The summed E-state index contributed by atoms with van der Waals surface area (Å²) in [5.41, 5.74) is 0.244. The predicted molar refractivity (Wildman–Crippen MR) is 130 cm³/mol. The Morgan fingerprint density at radius 2 is 1.86 bits per heavy atom. The molecule has 0 radical (unpaired) electrons. The van der Waals surface area contributed by atoms with E-state index in [2.05, 4.69) is 15.0 Å². The molecule has 0 spiro atoms. The number of pyridine rings is 2. The molecule has 0 bridgehead atoms. The van der Waals surface area contributed by atoms with E-state index in [0.29, 0.717) is 37.4 Å². The van der Waals surface area contributed by atoms with E-state index in [0.717, 1.165) is 23.4 Å². The molecule has 37 heavy (non-hydrogen) atoms. The minimum atomic E-state index is -4.70. The second-order valence-electron chi connectivity index (χ2n) is 8.98. The highest BCUT2D eigenvalue weighted by Crippen LogP contribution is 2.35. The van der Waals surface area contributed by atoms with Gasteiger partial charge in [0.15, 0.2) is 0 Å². The Balaban J connectivity index is 1.66. The number of alkyl halides is 3. The SMILES string of the molecule is Cc1cc([C@@H]2CN(c3cc4c(=O)n(C)c(C)nc4c(-c4ccc(C(F)(F)F)cc4F)n3)CCO2)ccn1. The largest absolute Gasteiger partial charge is 0.416 e. The molecule has 11 heteroatoms. The molecule has 7 nitrogen and oxygen atoms in total. The van der Waals surface area contributed by atoms with Gasteiger partial charge in [-0.05, 0) is 55.8 Å². The van der Waals surface area contributed by atoms with E-state index in [4.69, 9.17) is 4.74 Å². The second-order valence-corrected chi connectivity index (χ2v) is 8.98. The maximum atomic E-state index is 15.1. The van der Waals surface area contributed by atoms with Gasteiger partial charge in [-0.15, -0.1) is 0 Å². The summed E-state index contributed by atoms with van der Waals surface area (Å²) in [6.07, 6.45) is -3.29.